The van der Waals surface area contributed by atoms with E-state index in [4.69, 9.17) is 0 Å². The van der Waals surface area contributed by atoms with E-state index in [1.807, 2.05) is 6.07 Å². The molecule has 21 heavy (non-hydrogen) atoms. The molecule has 0 spiro atoms. The summed E-state index contributed by atoms with van der Waals surface area (Å²) in [6, 6.07) is 7.04. The third-order valence-corrected chi connectivity index (χ3v) is 4.00. The van der Waals surface area contributed by atoms with Gasteiger partial charge in [-0.1, -0.05) is 12.1 Å². The minimum absolute atomic E-state index is 0.412. The van der Waals surface area contributed by atoms with Crippen LogP contribution >= 0.6 is 0 Å². The minimum atomic E-state index is -4.23. The largest absolute Gasteiger partial charge is 0.406 e. The van der Waals surface area contributed by atoms with E-state index < -0.39 is 12.7 Å². The standard InChI is InChI=1S/C15H18F3N3/c16-15(17,18)10-21-13-4-2-1-3-12(13)20-14(21)9-11-5-7-19-8-6-11/h1-4,11,19H,5-10H2. The van der Waals surface area contributed by atoms with E-state index in [1.165, 1.54) is 4.57 Å². The van der Waals surface area contributed by atoms with Crippen LogP contribution in [-0.4, -0.2) is 28.8 Å². The summed E-state index contributed by atoms with van der Waals surface area (Å²) in [6.45, 7) is 0.905. The van der Waals surface area contributed by atoms with Gasteiger partial charge >= 0.3 is 6.18 Å². The Morgan fingerprint density at radius 2 is 1.90 bits per heavy atom. The summed E-state index contributed by atoms with van der Waals surface area (Å²) < 4.78 is 39.9. The van der Waals surface area contributed by atoms with Crippen LogP contribution in [-0.2, 0) is 13.0 Å². The molecule has 0 unspecified atom stereocenters. The van der Waals surface area contributed by atoms with E-state index in [2.05, 4.69) is 10.3 Å². The van der Waals surface area contributed by atoms with E-state index >= 15 is 0 Å². The summed E-state index contributed by atoms with van der Waals surface area (Å²) in [5.74, 6) is 0.968. The van der Waals surface area contributed by atoms with Gasteiger partial charge in [-0.25, -0.2) is 4.98 Å². The molecule has 2 heterocycles. The molecule has 1 fully saturated rings. The summed E-state index contributed by atoms with van der Waals surface area (Å²) in [7, 11) is 0. The second-order valence-corrected chi connectivity index (χ2v) is 5.62. The molecule has 0 amide bonds. The number of halogens is 3. The second-order valence-electron chi connectivity index (χ2n) is 5.62. The lowest BCUT2D eigenvalue weighted by molar-refractivity contribution is -0.140. The predicted octanol–water partition coefficient (Wildman–Crippen LogP) is 3.14. The summed E-state index contributed by atoms with van der Waals surface area (Å²) >= 11 is 0. The number of nitrogens with zero attached hydrogens (tertiary/aromatic N) is 2. The van der Waals surface area contributed by atoms with Crippen LogP contribution in [0.2, 0.25) is 0 Å². The van der Waals surface area contributed by atoms with Gasteiger partial charge in [-0.05, 0) is 44.0 Å². The highest BCUT2D eigenvalue weighted by Gasteiger charge is 2.30. The highest BCUT2D eigenvalue weighted by molar-refractivity contribution is 5.75. The third-order valence-electron chi connectivity index (χ3n) is 4.00. The zero-order valence-electron chi connectivity index (χ0n) is 11.7. The van der Waals surface area contributed by atoms with Crippen molar-refractivity contribution < 1.29 is 13.2 Å². The fraction of sp³-hybridized carbons (Fsp3) is 0.533. The Bertz CT molecular complexity index is 612. The van der Waals surface area contributed by atoms with Crippen molar-refractivity contribution in [2.75, 3.05) is 13.1 Å². The normalized spacial score (nSPS) is 17.5. The molecule has 1 aliphatic rings. The maximum absolute atomic E-state index is 12.8. The van der Waals surface area contributed by atoms with Gasteiger partial charge in [-0.2, -0.15) is 13.2 Å². The third kappa shape index (κ3) is 3.37. The van der Waals surface area contributed by atoms with Gasteiger partial charge in [0, 0.05) is 6.42 Å². The summed E-state index contributed by atoms with van der Waals surface area (Å²) in [5.41, 5.74) is 1.21. The lowest BCUT2D eigenvalue weighted by Gasteiger charge is -2.22. The number of alkyl halides is 3. The van der Waals surface area contributed by atoms with Gasteiger partial charge in [0.2, 0.25) is 0 Å². The number of para-hydroxylation sites is 2. The average molecular weight is 297 g/mol. The van der Waals surface area contributed by atoms with Crippen LogP contribution in [0.15, 0.2) is 24.3 Å². The first kappa shape index (κ1) is 14.4. The van der Waals surface area contributed by atoms with Crippen LogP contribution in [0, 0.1) is 5.92 Å². The predicted molar refractivity (Wildman–Crippen MR) is 75.1 cm³/mol. The quantitative estimate of drug-likeness (QED) is 0.943. The smallest absolute Gasteiger partial charge is 0.319 e. The molecule has 3 nitrogen and oxygen atoms in total. The molecular weight excluding hydrogens is 279 g/mol. The molecule has 6 heteroatoms. The molecule has 2 aromatic rings. The first-order valence-corrected chi connectivity index (χ1v) is 7.24. The van der Waals surface area contributed by atoms with Crippen molar-refractivity contribution in [3.63, 3.8) is 0 Å². The SMILES string of the molecule is FC(F)(F)Cn1c(CC2CCNCC2)nc2ccccc21. The van der Waals surface area contributed by atoms with Crippen molar-refractivity contribution >= 4 is 11.0 Å². The monoisotopic (exact) mass is 297 g/mol. The highest BCUT2D eigenvalue weighted by Crippen LogP contribution is 2.26. The molecule has 0 aliphatic carbocycles. The van der Waals surface area contributed by atoms with Gasteiger partial charge in [0.25, 0.3) is 0 Å². The Balaban J connectivity index is 1.93. The first-order chi connectivity index (χ1) is 10.0. The first-order valence-electron chi connectivity index (χ1n) is 7.24. The lowest BCUT2D eigenvalue weighted by Crippen LogP contribution is -2.29. The molecule has 1 aromatic heterocycles. The van der Waals surface area contributed by atoms with Crippen molar-refractivity contribution in [2.45, 2.75) is 32.0 Å². The second kappa shape index (κ2) is 5.67. The molecule has 1 saturated heterocycles. The minimum Gasteiger partial charge on any atom is -0.319 e. The number of aromatic nitrogens is 2. The van der Waals surface area contributed by atoms with Crippen molar-refractivity contribution in [3.8, 4) is 0 Å². The zero-order chi connectivity index (χ0) is 14.9. The van der Waals surface area contributed by atoms with Crippen LogP contribution in [0.5, 0.6) is 0 Å². The molecule has 1 aromatic carbocycles. The van der Waals surface area contributed by atoms with Crippen LogP contribution in [0.25, 0.3) is 11.0 Å². The molecule has 0 saturated carbocycles. The number of hydrogen-bond donors (Lipinski definition) is 1. The lowest BCUT2D eigenvalue weighted by atomic mass is 9.94. The summed E-state index contributed by atoms with van der Waals surface area (Å²) in [5, 5.41) is 3.27. The van der Waals surface area contributed by atoms with Crippen molar-refractivity contribution in [3.05, 3.63) is 30.1 Å². The molecular formula is C15H18F3N3. The van der Waals surface area contributed by atoms with Gasteiger partial charge in [-0.15, -0.1) is 0 Å². The fourth-order valence-corrected chi connectivity index (χ4v) is 2.98. The molecule has 114 valence electrons. The van der Waals surface area contributed by atoms with E-state index in [1.54, 1.807) is 18.2 Å². The Labute approximate surface area is 121 Å². The fourth-order valence-electron chi connectivity index (χ4n) is 2.98. The maximum atomic E-state index is 12.8. The van der Waals surface area contributed by atoms with Gasteiger partial charge in [0.1, 0.15) is 12.4 Å². The van der Waals surface area contributed by atoms with Crippen molar-refractivity contribution in [2.24, 2.45) is 5.92 Å². The number of fused-ring (bicyclic) bond motifs is 1. The number of benzene rings is 1. The number of nitrogens with one attached hydrogen (secondary N) is 1. The maximum Gasteiger partial charge on any atom is 0.406 e. The average Bonchev–Trinajstić information content (AvgIpc) is 2.76. The molecule has 1 N–H and O–H groups in total. The number of hydrogen-bond acceptors (Lipinski definition) is 2. The Hall–Kier alpha value is -1.56. The van der Waals surface area contributed by atoms with E-state index in [9.17, 15) is 13.2 Å². The van der Waals surface area contributed by atoms with Gasteiger partial charge in [-0.3, -0.25) is 0 Å². The van der Waals surface area contributed by atoms with Crippen LogP contribution in [0.1, 0.15) is 18.7 Å². The Morgan fingerprint density at radius 1 is 1.19 bits per heavy atom. The highest BCUT2D eigenvalue weighted by atomic mass is 19.4. The van der Waals surface area contributed by atoms with Gasteiger partial charge < -0.3 is 9.88 Å². The van der Waals surface area contributed by atoms with Crippen LogP contribution < -0.4 is 5.32 Å². The van der Waals surface area contributed by atoms with Crippen LogP contribution in [0.4, 0.5) is 13.2 Å². The summed E-state index contributed by atoms with van der Waals surface area (Å²) in [4.78, 5) is 4.43. The molecule has 0 bridgehead atoms. The summed E-state index contributed by atoms with van der Waals surface area (Å²) in [6.07, 6.45) is -1.62. The Morgan fingerprint density at radius 3 is 2.62 bits per heavy atom. The van der Waals surface area contributed by atoms with Gasteiger partial charge in [0.05, 0.1) is 11.0 Å². The zero-order valence-corrected chi connectivity index (χ0v) is 11.7. The number of piperidine rings is 1. The molecule has 0 atom stereocenters. The molecule has 1 aliphatic heterocycles. The van der Waals surface area contributed by atoms with E-state index in [-0.39, 0.29) is 0 Å². The van der Waals surface area contributed by atoms with Crippen molar-refractivity contribution in [1.29, 1.82) is 0 Å². The van der Waals surface area contributed by atoms with Crippen molar-refractivity contribution in [1.82, 2.24) is 14.9 Å². The number of rotatable bonds is 3. The van der Waals surface area contributed by atoms with Crippen LogP contribution in [0.3, 0.4) is 0 Å². The van der Waals surface area contributed by atoms with E-state index in [0.717, 1.165) is 25.9 Å². The van der Waals surface area contributed by atoms with E-state index in [0.29, 0.717) is 29.2 Å². The number of imidazole rings is 1. The topological polar surface area (TPSA) is 29.9 Å². The Kier molecular flexibility index (Phi) is 3.89. The van der Waals surface area contributed by atoms with Gasteiger partial charge in [0.15, 0.2) is 0 Å². The molecule has 3 rings (SSSR count). The molecule has 0 radical (unpaired) electrons.